The van der Waals surface area contributed by atoms with E-state index in [1.165, 1.54) is 0 Å². The maximum atomic E-state index is 12.9. The van der Waals surface area contributed by atoms with E-state index in [1.807, 2.05) is 10.8 Å². The zero-order valence-electron chi connectivity index (χ0n) is 16.8. The first-order chi connectivity index (χ1) is 15.1. The fraction of sp³-hybridized carbons (Fsp3) is 0.318. The van der Waals surface area contributed by atoms with Crippen LogP contribution in [0.3, 0.4) is 0 Å². The molecule has 0 aliphatic carbocycles. The van der Waals surface area contributed by atoms with E-state index in [0.29, 0.717) is 43.7 Å². The summed E-state index contributed by atoms with van der Waals surface area (Å²) < 4.78 is 8.38. The van der Waals surface area contributed by atoms with Crippen LogP contribution in [-0.2, 0) is 21.7 Å². The third-order valence-corrected chi connectivity index (χ3v) is 5.84. The lowest BCUT2D eigenvalue weighted by Crippen LogP contribution is -2.54. The Kier molecular flexibility index (Phi) is 4.95. The van der Waals surface area contributed by atoms with Crippen molar-refractivity contribution in [2.45, 2.75) is 31.1 Å². The second-order valence-corrected chi connectivity index (χ2v) is 7.77. The van der Waals surface area contributed by atoms with Crippen molar-refractivity contribution in [3.05, 3.63) is 72.8 Å². The van der Waals surface area contributed by atoms with Gasteiger partial charge < -0.3 is 19.5 Å². The number of anilines is 1. The Morgan fingerprint density at radius 1 is 1.06 bits per heavy atom. The lowest BCUT2D eigenvalue weighted by atomic mass is 9.88. The van der Waals surface area contributed by atoms with Crippen molar-refractivity contribution in [3.63, 3.8) is 0 Å². The van der Waals surface area contributed by atoms with Gasteiger partial charge in [0, 0.05) is 56.9 Å². The first kappa shape index (κ1) is 19.4. The normalized spacial score (nSPS) is 19.6. The molecule has 2 amide bonds. The van der Waals surface area contributed by atoms with E-state index in [9.17, 15) is 9.59 Å². The number of pyridine rings is 2. The molecule has 31 heavy (non-hydrogen) atoms. The number of nitrogens with one attached hydrogen (secondary N) is 1. The molecule has 1 unspecified atom stereocenters. The molecule has 0 radical (unpaired) electrons. The molecule has 3 aromatic rings. The van der Waals surface area contributed by atoms with Gasteiger partial charge in [-0.1, -0.05) is 0 Å². The van der Waals surface area contributed by atoms with Crippen LogP contribution in [0.5, 0.6) is 0 Å². The first-order valence-electron chi connectivity index (χ1n) is 10.2. The predicted octanol–water partition coefficient (Wildman–Crippen LogP) is 1.84. The van der Waals surface area contributed by atoms with Crippen LogP contribution < -0.4 is 5.32 Å². The van der Waals surface area contributed by atoms with E-state index in [4.69, 9.17) is 4.74 Å². The molecule has 1 fully saturated rings. The molecule has 158 valence electrons. The molecule has 5 rings (SSSR count). The summed E-state index contributed by atoms with van der Waals surface area (Å²) in [5, 5.41) is 2.87. The standard InChI is InChI=1S/C22H22N6O3/c29-19(26-17-4-2-8-24-14-17)18-15-28-12-9-25-21(28)22(31-18)5-10-27(11-6-22)20(30)16-3-1-7-23-13-16/h1-4,7-9,12-14,18H,5-6,10-11,15H2,(H,26,29). The summed E-state index contributed by atoms with van der Waals surface area (Å²) in [6, 6.07) is 7.07. The molecular weight excluding hydrogens is 396 g/mol. The van der Waals surface area contributed by atoms with E-state index >= 15 is 0 Å². The highest BCUT2D eigenvalue weighted by atomic mass is 16.5. The van der Waals surface area contributed by atoms with Crippen LogP contribution >= 0.6 is 0 Å². The van der Waals surface area contributed by atoms with Gasteiger partial charge in [-0.15, -0.1) is 0 Å². The molecule has 2 aliphatic heterocycles. The number of piperidine rings is 1. The zero-order valence-corrected chi connectivity index (χ0v) is 16.8. The molecule has 1 saturated heterocycles. The Morgan fingerprint density at radius 3 is 2.55 bits per heavy atom. The van der Waals surface area contributed by atoms with Gasteiger partial charge in [0.25, 0.3) is 11.8 Å². The Morgan fingerprint density at radius 2 is 1.84 bits per heavy atom. The summed E-state index contributed by atoms with van der Waals surface area (Å²) in [6.45, 7) is 1.41. The fourth-order valence-corrected chi connectivity index (χ4v) is 4.28. The van der Waals surface area contributed by atoms with Crippen LogP contribution in [0, 0.1) is 0 Å². The van der Waals surface area contributed by atoms with Gasteiger partial charge in [-0.25, -0.2) is 4.98 Å². The smallest absolute Gasteiger partial charge is 0.255 e. The SMILES string of the molecule is O=C(Nc1cccnc1)C1Cn2ccnc2C2(CCN(C(=O)c3cccnc3)CC2)O1. The van der Waals surface area contributed by atoms with Gasteiger partial charge in [0.15, 0.2) is 6.10 Å². The van der Waals surface area contributed by atoms with Gasteiger partial charge in [0.05, 0.1) is 24.0 Å². The highest BCUT2D eigenvalue weighted by Gasteiger charge is 2.47. The van der Waals surface area contributed by atoms with Gasteiger partial charge in [-0.2, -0.15) is 0 Å². The van der Waals surface area contributed by atoms with Crippen molar-refractivity contribution in [2.75, 3.05) is 18.4 Å². The lowest BCUT2D eigenvalue weighted by Gasteiger charge is -2.45. The highest BCUT2D eigenvalue weighted by Crippen LogP contribution is 2.40. The van der Waals surface area contributed by atoms with Crippen LogP contribution in [0.4, 0.5) is 5.69 Å². The number of likely N-dealkylation sites (tertiary alicyclic amines) is 1. The minimum atomic E-state index is -0.704. The van der Waals surface area contributed by atoms with Crippen molar-refractivity contribution >= 4 is 17.5 Å². The number of nitrogens with zero attached hydrogens (tertiary/aromatic N) is 5. The Balaban J connectivity index is 1.33. The maximum absolute atomic E-state index is 12.9. The molecule has 0 saturated carbocycles. The molecule has 9 heteroatoms. The van der Waals surface area contributed by atoms with Gasteiger partial charge in [-0.3, -0.25) is 19.6 Å². The number of fused-ring (bicyclic) bond motifs is 2. The predicted molar refractivity (Wildman–Crippen MR) is 111 cm³/mol. The van der Waals surface area contributed by atoms with Gasteiger partial charge in [-0.05, 0) is 24.3 Å². The molecule has 1 N–H and O–H groups in total. The van der Waals surface area contributed by atoms with E-state index in [1.54, 1.807) is 60.1 Å². The average molecular weight is 418 g/mol. The number of imidazole rings is 1. The monoisotopic (exact) mass is 418 g/mol. The third kappa shape index (κ3) is 3.68. The minimum absolute atomic E-state index is 0.0482. The number of carbonyl (C=O) groups excluding carboxylic acids is 2. The molecular formula is C22H22N6O3. The number of carbonyl (C=O) groups is 2. The number of hydrogen-bond acceptors (Lipinski definition) is 6. The van der Waals surface area contributed by atoms with Crippen molar-refractivity contribution in [3.8, 4) is 0 Å². The Bertz CT molecular complexity index is 1080. The molecule has 1 atom stereocenters. The first-order valence-corrected chi connectivity index (χ1v) is 10.2. The third-order valence-electron chi connectivity index (χ3n) is 5.84. The number of amides is 2. The molecule has 0 bridgehead atoms. The van der Waals surface area contributed by atoms with Crippen molar-refractivity contribution in [2.24, 2.45) is 0 Å². The van der Waals surface area contributed by atoms with E-state index in [2.05, 4.69) is 20.3 Å². The van der Waals surface area contributed by atoms with Crippen molar-refractivity contribution < 1.29 is 14.3 Å². The van der Waals surface area contributed by atoms with E-state index in [-0.39, 0.29) is 11.8 Å². The summed E-state index contributed by atoms with van der Waals surface area (Å²) in [5.41, 5.74) is 0.487. The van der Waals surface area contributed by atoms with Crippen molar-refractivity contribution in [1.82, 2.24) is 24.4 Å². The van der Waals surface area contributed by atoms with Crippen LogP contribution in [-0.4, -0.2) is 55.4 Å². The second-order valence-electron chi connectivity index (χ2n) is 7.77. The Hall–Kier alpha value is -3.59. The van der Waals surface area contributed by atoms with Crippen LogP contribution in [0.1, 0.15) is 29.0 Å². The van der Waals surface area contributed by atoms with E-state index < -0.39 is 11.7 Å². The van der Waals surface area contributed by atoms with Gasteiger partial charge >= 0.3 is 0 Å². The largest absolute Gasteiger partial charge is 0.352 e. The lowest BCUT2D eigenvalue weighted by molar-refractivity contribution is -0.168. The molecule has 3 aromatic heterocycles. The minimum Gasteiger partial charge on any atom is -0.352 e. The maximum Gasteiger partial charge on any atom is 0.255 e. The molecule has 2 aliphatic rings. The summed E-state index contributed by atoms with van der Waals surface area (Å²) in [4.78, 5) is 40.1. The Labute approximate surface area is 179 Å². The van der Waals surface area contributed by atoms with Crippen LogP contribution in [0.25, 0.3) is 0 Å². The van der Waals surface area contributed by atoms with Crippen LogP contribution in [0.2, 0.25) is 0 Å². The molecule has 1 spiro atoms. The number of rotatable bonds is 3. The van der Waals surface area contributed by atoms with Crippen molar-refractivity contribution in [1.29, 1.82) is 0 Å². The number of hydrogen-bond donors (Lipinski definition) is 1. The quantitative estimate of drug-likeness (QED) is 0.696. The topological polar surface area (TPSA) is 102 Å². The van der Waals surface area contributed by atoms with Crippen LogP contribution in [0.15, 0.2) is 61.4 Å². The van der Waals surface area contributed by atoms with E-state index in [0.717, 1.165) is 5.82 Å². The van der Waals surface area contributed by atoms with Gasteiger partial charge in [0.1, 0.15) is 11.4 Å². The summed E-state index contributed by atoms with van der Waals surface area (Å²) >= 11 is 0. The summed E-state index contributed by atoms with van der Waals surface area (Å²) in [5.74, 6) is 0.542. The molecule has 5 heterocycles. The number of ether oxygens (including phenoxy) is 1. The zero-order chi connectivity index (χ0) is 21.3. The highest BCUT2D eigenvalue weighted by molar-refractivity contribution is 5.94. The summed E-state index contributed by atoms with van der Waals surface area (Å²) in [6.07, 6.45) is 10.5. The van der Waals surface area contributed by atoms with Gasteiger partial charge in [0.2, 0.25) is 0 Å². The molecule has 9 nitrogen and oxygen atoms in total. The summed E-state index contributed by atoms with van der Waals surface area (Å²) in [7, 11) is 0. The average Bonchev–Trinajstić information content (AvgIpc) is 3.30. The fourth-order valence-electron chi connectivity index (χ4n) is 4.28. The molecule has 0 aromatic carbocycles. The second kappa shape index (κ2) is 7.92. The number of aromatic nitrogens is 4.